The van der Waals surface area contributed by atoms with Crippen molar-refractivity contribution in [3.05, 3.63) is 35.2 Å². The molecule has 0 radical (unpaired) electrons. The molecule has 0 saturated carbocycles. The molecule has 2 aromatic heterocycles. The standard InChI is InChI=1S/C22H31N5O4/c1-17-13-22(31-18(17)2)25-23-16-19-14-20(27-6-10-29-11-7-27)15-21(24-19)30-12-5-26-3-8-28-9-4-26/h13-16,25H,3-12H2,1-2H3/b23-16+. The van der Waals surface area contributed by atoms with Crippen molar-refractivity contribution in [2.45, 2.75) is 13.8 Å². The smallest absolute Gasteiger partial charge is 0.215 e. The Hall–Kier alpha value is -2.62. The molecule has 0 unspecified atom stereocenters. The van der Waals surface area contributed by atoms with Crippen LogP contribution in [0.15, 0.2) is 27.7 Å². The zero-order chi connectivity index (χ0) is 21.5. The SMILES string of the molecule is Cc1cc(N/N=C/c2cc(N3CCOCC3)cc(OCCN3CCOCC3)n2)oc1C. The van der Waals surface area contributed by atoms with Crippen LogP contribution in [0.3, 0.4) is 0 Å². The molecule has 0 aromatic carbocycles. The van der Waals surface area contributed by atoms with Crippen molar-refractivity contribution in [3.8, 4) is 5.88 Å². The number of nitrogens with zero attached hydrogens (tertiary/aromatic N) is 4. The highest BCUT2D eigenvalue weighted by Gasteiger charge is 2.15. The van der Waals surface area contributed by atoms with Crippen LogP contribution in [-0.2, 0) is 9.47 Å². The van der Waals surface area contributed by atoms with Gasteiger partial charge in [0.1, 0.15) is 12.4 Å². The van der Waals surface area contributed by atoms with Crippen LogP contribution in [0.2, 0.25) is 0 Å². The minimum atomic E-state index is 0.583. The zero-order valence-electron chi connectivity index (χ0n) is 18.3. The van der Waals surface area contributed by atoms with Gasteiger partial charge in [-0.2, -0.15) is 5.10 Å². The van der Waals surface area contributed by atoms with Crippen molar-refractivity contribution in [1.29, 1.82) is 0 Å². The van der Waals surface area contributed by atoms with Crippen molar-refractivity contribution in [1.82, 2.24) is 9.88 Å². The highest BCUT2D eigenvalue weighted by atomic mass is 16.5. The summed E-state index contributed by atoms with van der Waals surface area (Å²) in [6.45, 7) is 12.0. The summed E-state index contributed by atoms with van der Waals surface area (Å²) in [7, 11) is 0. The molecule has 4 rings (SSSR count). The van der Waals surface area contributed by atoms with Gasteiger partial charge in [-0.1, -0.05) is 0 Å². The summed E-state index contributed by atoms with van der Waals surface area (Å²) >= 11 is 0. The Morgan fingerprint density at radius 2 is 1.81 bits per heavy atom. The molecule has 4 heterocycles. The summed E-state index contributed by atoms with van der Waals surface area (Å²) in [5.74, 6) is 2.09. The third kappa shape index (κ3) is 6.19. The lowest BCUT2D eigenvalue weighted by Crippen LogP contribution is -2.38. The molecule has 9 nitrogen and oxygen atoms in total. The Balaban J connectivity index is 1.43. The number of hydrogen-bond acceptors (Lipinski definition) is 9. The first-order valence-corrected chi connectivity index (χ1v) is 10.8. The summed E-state index contributed by atoms with van der Waals surface area (Å²) in [4.78, 5) is 9.25. The number of hydrazone groups is 1. The number of furan rings is 1. The third-order valence-corrected chi connectivity index (χ3v) is 5.48. The van der Waals surface area contributed by atoms with Gasteiger partial charge in [-0.05, 0) is 25.5 Å². The van der Waals surface area contributed by atoms with Gasteiger partial charge in [0.25, 0.3) is 0 Å². The molecule has 168 valence electrons. The van der Waals surface area contributed by atoms with E-state index >= 15 is 0 Å². The number of ether oxygens (including phenoxy) is 3. The van der Waals surface area contributed by atoms with E-state index in [1.165, 1.54) is 0 Å². The number of nitrogens with one attached hydrogen (secondary N) is 1. The Morgan fingerprint density at radius 1 is 1.06 bits per heavy atom. The van der Waals surface area contributed by atoms with E-state index in [-0.39, 0.29) is 0 Å². The Bertz CT molecular complexity index is 853. The molecular weight excluding hydrogens is 398 g/mol. The van der Waals surface area contributed by atoms with E-state index in [4.69, 9.17) is 18.6 Å². The maximum Gasteiger partial charge on any atom is 0.215 e. The van der Waals surface area contributed by atoms with Gasteiger partial charge in [0.2, 0.25) is 11.8 Å². The van der Waals surface area contributed by atoms with E-state index in [0.29, 0.717) is 18.4 Å². The zero-order valence-corrected chi connectivity index (χ0v) is 18.3. The molecular formula is C22H31N5O4. The number of aromatic nitrogens is 1. The third-order valence-electron chi connectivity index (χ3n) is 5.48. The lowest BCUT2D eigenvalue weighted by atomic mass is 10.2. The molecule has 1 N–H and O–H groups in total. The number of hydrogen-bond donors (Lipinski definition) is 1. The number of rotatable bonds is 8. The van der Waals surface area contributed by atoms with Gasteiger partial charge < -0.3 is 23.5 Å². The number of pyridine rings is 1. The van der Waals surface area contributed by atoms with Crippen molar-refractivity contribution in [2.75, 3.05) is 76.1 Å². The summed E-state index contributed by atoms with van der Waals surface area (Å²) in [6, 6.07) is 5.93. The first-order valence-electron chi connectivity index (χ1n) is 10.8. The molecule has 2 fully saturated rings. The summed E-state index contributed by atoms with van der Waals surface area (Å²) in [5.41, 5.74) is 5.79. The van der Waals surface area contributed by atoms with E-state index < -0.39 is 0 Å². The second-order valence-corrected chi connectivity index (χ2v) is 7.71. The molecule has 2 aliphatic heterocycles. The Morgan fingerprint density at radius 3 is 2.52 bits per heavy atom. The predicted octanol–water partition coefficient (Wildman–Crippen LogP) is 2.29. The van der Waals surface area contributed by atoms with Crippen LogP contribution in [0.25, 0.3) is 0 Å². The van der Waals surface area contributed by atoms with Gasteiger partial charge in [0.15, 0.2) is 0 Å². The molecule has 0 atom stereocenters. The van der Waals surface area contributed by atoms with E-state index in [9.17, 15) is 0 Å². The minimum Gasteiger partial charge on any atom is -0.476 e. The maximum absolute atomic E-state index is 6.01. The van der Waals surface area contributed by atoms with Crippen molar-refractivity contribution in [3.63, 3.8) is 0 Å². The fourth-order valence-electron chi connectivity index (χ4n) is 3.55. The average Bonchev–Trinajstić information content (AvgIpc) is 3.12. The highest BCUT2D eigenvalue weighted by molar-refractivity contribution is 5.79. The first-order chi connectivity index (χ1) is 15.2. The molecule has 0 amide bonds. The van der Waals surface area contributed by atoms with Gasteiger partial charge in [-0.15, -0.1) is 0 Å². The van der Waals surface area contributed by atoms with Gasteiger partial charge in [-0.3, -0.25) is 4.90 Å². The topological polar surface area (TPSA) is 84.6 Å². The second-order valence-electron chi connectivity index (χ2n) is 7.71. The van der Waals surface area contributed by atoms with Crippen LogP contribution in [0.1, 0.15) is 17.0 Å². The summed E-state index contributed by atoms with van der Waals surface area (Å²) in [5, 5.41) is 4.30. The second kappa shape index (κ2) is 10.6. The Kier molecular flexibility index (Phi) is 7.39. The average molecular weight is 430 g/mol. The summed E-state index contributed by atoms with van der Waals surface area (Å²) < 4.78 is 22.5. The molecule has 2 aromatic rings. The number of anilines is 2. The largest absolute Gasteiger partial charge is 0.476 e. The van der Waals surface area contributed by atoms with Gasteiger partial charge in [0.05, 0.1) is 38.3 Å². The first kappa shape index (κ1) is 21.6. The lowest BCUT2D eigenvalue weighted by molar-refractivity contribution is 0.0320. The molecule has 31 heavy (non-hydrogen) atoms. The van der Waals surface area contributed by atoms with Crippen LogP contribution in [0.5, 0.6) is 5.88 Å². The molecule has 0 aliphatic carbocycles. The predicted molar refractivity (Wildman–Crippen MR) is 119 cm³/mol. The molecule has 9 heteroatoms. The molecule has 2 saturated heterocycles. The van der Waals surface area contributed by atoms with E-state index in [1.54, 1.807) is 6.21 Å². The molecule has 0 bridgehead atoms. The van der Waals surface area contributed by atoms with Crippen LogP contribution in [0, 0.1) is 13.8 Å². The van der Waals surface area contributed by atoms with Gasteiger partial charge in [-0.25, -0.2) is 10.4 Å². The van der Waals surface area contributed by atoms with Crippen LogP contribution < -0.4 is 15.1 Å². The van der Waals surface area contributed by atoms with Gasteiger partial charge in [0, 0.05) is 50.5 Å². The fourth-order valence-corrected chi connectivity index (χ4v) is 3.55. The Labute approximate surface area is 183 Å². The quantitative estimate of drug-likeness (QED) is 0.505. The summed E-state index contributed by atoms with van der Waals surface area (Å²) in [6.07, 6.45) is 1.69. The van der Waals surface area contributed by atoms with E-state index in [2.05, 4.69) is 25.3 Å². The van der Waals surface area contributed by atoms with Crippen molar-refractivity contribution >= 4 is 17.8 Å². The number of morpholine rings is 2. The van der Waals surface area contributed by atoms with Crippen LogP contribution in [0.4, 0.5) is 11.6 Å². The highest BCUT2D eigenvalue weighted by Crippen LogP contribution is 2.22. The van der Waals surface area contributed by atoms with Gasteiger partial charge >= 0.3 is 0 Å². The molecule has 0 spiro atoms. The van der Waals surface area contributed by atoms with Crippen LogP contribution in [-0.4, -0.2) is 81.9 Å². The lowest BCUT2D eigenvalue weighted by Gasteiger charge is -2.29. The van der Waals surface area contributed by atoms with Crippen LogP contribution >= 0.6 is 0 Å². The van der Waals surface area contributed by atoms with Crippen molar-refractivity contribution < 1.29 is 18.6 Å². The normalized spacial score (nSPS) is 17.9. The fraction of sp³-hybridized carbons (Fsp3) is 0.545. The molecule has 2 aliphatic rings. The minimum absolute atomic E-state index is 0.583. The van der Waals surface area contributed by atoms with Crippen molar-refractivity contribution in [2.24, 2.45) is 5.10 Å². The van der Waals surface area contributed by atoms with E-state index in [0.717, 1.165) is 81.9 Å². The monoisotopic (exact) mass is 429 g/mol. The maximum atomic E-state index is 6.01. The van der Waals surface area contributed by atoms with E-state index in [1.807, 2.05) is 32.0 Å². The number of aryl methyl sites for hydroxylation is 2.